The van der Waals surface area contributed by atoms with Crippen molar-refractivity contribution < 1.29 is 18.3 Å². The molecule has 0 atom stereocenters. The zero-order chi connectivity index (χ0) is 13.9. The van der Waals surface area contributed by atoms with Gasteiger partial charge in [-0.2, -0.15) is 0 Å². The van der Waals surface area contributed by atoms with Gasteiger partial charge in [-0.15, -0.1) is 0 Å². The summed E-state index contributed by atoms with van der Waals surface area (Å²) < 4.78 is 26.4. The van der Waals surface area contributed by atoms with Gasteiger partial charge < -0.3 is 5.11 Å². The first-order chi connectivity index (χ1) is 8.99. The maximum atomic E-state index is 11.9. The van der Waals surface area contributed by atoms with Crippen LogP contribution >= 0.6 is 0 Å². The standard InChI is InChI=1S/C13H17NO4S/c15-13(16)11-5-7-12(8-6-11)19(17,18)14-9-1-2-10-3-4-10/h5-8,10,14H,1-4,9H2,(H,15,16). The molecule has 5 nitrogen and oxygen atoms in total. The summed E-state index contributed by atoms with van der Waals surface area (Å²) in [6, 6.07) is 5.21. The molecule has 0 heterocycles. The molecule has 0 spiro atoms. The van der Waals surface area contributed by atoms with Gasteiger partial charge in [0.25, 0.3) is 0 Å². The second kappa shape index (κ2) is 5.71. The van der Waals surface area contributed by atoms with Gasteiger partial charge in [-0.25, -0.2) is 17.9 Å². The molecule has 1 aromatic carbocycles. The van der Waals surface area contributed by atoms with Crippen LogP contribution < -0.4 is 4.72 Å². The van der Waals surface area contributed by atoms with Crippen molar-refractivity contribution in [2.45, 2.75) is 30.6 Å². The quantitative estimate of drug-likeness (QED) is 0.748. The van der Waals surface area contributed by atoms with E-state index >= 15 is 0 Å². The summed E-state index contributed by atoms with van der Waals surface area (Å²) in [4.78, 5) is 10.8. The van der Waals surface area contributed by atoms with Crippen LogP contribution in [0.5, 0.6) is 0 Å². The lowest BCUT2D eigenvalue weighted by Crippen LogP contribution is -2.24. The first-order valence-electron chi connectivity index (χ1n) is 6.32. The van der Waals surface area contributed by atoms with Gasteiger partial charge in [-0.3, -0.25) is 0 Å². The SMILES string of the molecule is O=C(O)c1ccc(S(=O)(=O)NCCCC2CC2)cc1. The molecule has 0 aromatic heterocycles. The first kappa shape index (κ1) is 14.0. The maximum Gasteiger partial charge on any atom is 0.335 e. The van der Waals surface area contributed by atoms with E-state index in [0.29, 0.717) is 6.54 Å². The molecule has 0 aliphatic heterocycles. The number of carboxylic acid groups (broad SMARTS) is 1. The number of rotatable bonds is 7. The van der Waals surface area contributed by atoms with Crippen LogP contribution in [0.2, 0.25) is 0 Å². The predicted octanol–water partition coefficient (Wildman–Crippen LogP) is 1.85. The highest BCUT2D eigenvalue weighted by Gasteiger charge is 2.21. The van der Waals surface area contributed by atoms with E-state index < -0.39 is 16.0 Å². The minimum absolute atomic E-state index is 0.0766. The van der Waals surface area contributed by atoms with E-state index in [1.165, 1.54) is 37.1 Å². The zero-order valence-corrected chi connectivity index (χ0v) is 11.3. The molecule has 104 valence electrons. The summed E-state index contributed by atoms with van der Waals surface area (Å²) in [6.07, 6.45) is 4.45. The van der Waals surface area contributed by atoms with Crippen molar-refractivity contribution in [2.24, 2.45) is 5.92 Å². The largest absolute Gasteiger partial charge is 0.478 e. The Morgan fingerprint density at radius 2 is 1.89 bits per heavy atom. The van der Waals surface area contributed by atoms with Crippen molar-refractivity contribution in [1.29, 1.82) is 0 Å². The fraction of sp³-hybridized carbons (Fsp3) is 0.462. The van der Waals surface area contributed by atoms with Crippen molar-refractivity contribution in [1.82, 2.24) is 4.72 Å². The minimum Gasteiger partial charge on any atom is -0.478 e. The highest BCUT2D eigenvalue weighted by molar-refractivity contribution is 7.89. The lowest BCUT2D eigenvalue weighted by Gasteiger charge is -2.06. The van der Waals surface area contributed by atoms with Gasteiger partial charge in [0.15, 0.2) is 0 Å². The molecule has 2 rings (SSSR count). The van der Waals surface area contributed by atoms with Gasteiger partial charge in [0.2, 0.25) is 10.0 Å². The molecule has 0 unspecified atom stereocenters. The number of hydrogen-bond acceptors (Lipinski definition) is 3. The van der Waals surface area contributed by atoms with E-state index in [4.69, 9.17) is 5.11 Å². The smallest absolute Gasteiger partial charge is 0.335 e. The summed E-state index contributed by atoms with van der Waals surface area (Å²) in [7, 11) is -3.52. The molecule has 0 amide bonds. The molecule has 1 saturated carbocycles. The number of sulfonamides is 1. The topological polar surface area (TPSA) is 83.5 Å². The Bertz CT molecular complexity index is 547. The molecule has 1 fully saturated rings. The Morgan fingerprint density at radius 3 is 2.42 bits per heavy atom. The Kier molecular flexibility index (Phi) is 4.21. The third-order valence-corrected chi connectivity index (χ3v) is 4.67. The zero-order valence-electron chi connectivity index (χ0n) is 10.5. The monoisotopic (exact) mass is 283 g/mol. The van der Waals surface area contributed by atoms with E-state index in [9.17, 15) is 13.2 Å². The fourth-order valence-electron chi connectivity index (χ4n) is 1.86. The Hall–Kier alpha value is -1.40. The number of carbonyl (C=O) groups is 1. The van der Waals surface area contributed by atoms with Gasteiger partial charge in [-0.1, -0.05) is 12.8 Å². The number of benzene rings is 1. The summed E-state index contributed by atoms with van der Waals surface area (Å²) in [6.45, 7) is 0.430. The summed E-state index contributed by atoms with van der Waals surface area (Å²) in [5.41, 5.74) is 0.0766. The van der Waals surface area contributed by atoms with Crippen molar-refractivity contribution in [3.05, 3.63) is 29.8 Å². The maximum absolute atomic E-state index is 11.9. The number of hydrogen-bond donors (Lipinski definition) is 2. The molecule has 1 aromatic rings. The van der Waals surface area contributed by atoms with Crippen molar-refractivity contribution in [3.8, 4) is 0 Å². The van der Waals surface area contributed by atoms with Crippen molar-refractivity contribution in [3.63, 3.8) is 0 Å². The van der Waals surface area contributed by atoms with E-state index in [2.05, 4.69) is 4.72 Å². The van der Waals surface area contributed by atoms with Crippen LogP contribution in [-0.2, 0) is 10.0 Å². The number of aromatic carboxylic acids is 1. The van der Waals surface area contributed by atoms with Crippen molar-refractivity contribution in [2.75, 3.05) is 6.54 Å². The molecule has 2 N–H and O–H groups in total. The highest BCUT2D eigenvalue weighted by Crippen LogP contribution is 2.33. The summed E-state index contributed by atoms with van der Waals surface area (Å²) >= 11 is 0. The summed E-state index contributed by atoms with van der Waals surface area (Å²) in [5.74, 6) is -0.277. The van der Waals surface area contributed by atoms with Gasteiger partial charge in [-0.05, 0) is 43.0 Å². The van der Waals surface area contributed by atoms with Gasteiger partial charge in [0.1, 0.15) is 0 Å². The predicted molar refractivity (Wildman–Crippen MR) is 70.5 cm³/mol. The normalized spacial score (nSPS) is 15.4. The minimum atomic E-state index is -3.52. The fourth-order valence-corrected chi connectivity index (χ4v) is 2.94. The molecule has 0 radical (unpaired) electrons. The van der Waals surface area contributed by atoms with E-state index in [0.717, 1.165) is 18.8 Å². The summed E-state index contributed by atoms with van der Waals surface area (Å²) in [5, 5.41) is 8.74. The molecular formula is C13H17NO4S. The third kappa shape index (κ3) is 4.04. The van der Waals surface area contributed by atoms with E-state index in [1.807, 2.05) is 0 Å². The van der Waals surface area contributed by atoms with Crippen LogP contribution in [0.25, 0.3) is 0 Å². The molecule has 6 heteroatoms. The van der Waals surface area contributed by atoms with E-state index in [1.54, 1.807) is 0 Å². The van der Waals surface area contributed by atoms with Gasteiger partial charge in [0, 0.05) is 6.54 Å². The number of nitrogens with one attached hydrogen (secondary N) is 1. The Morgan fingerprint density at radius 1 is 1.26 bits per heavy atom. The average molecular weight is 283 g/mol. The second-order valence-corrected chi connectivity index (χ2v) is 6.58. The number of carboxylic acids is 1. The lowest BCUT2D eigenvalue weighted by molar-refractivity contribution is 0.0696. The van der Waals surface area contributed by atoms with Crippen LogP contribution in [-0.4, -0.2) is 26.0 Å². The van der Waals surface area contributed by atoms with Crippen LogP contribution in [0.3, 0.4) is 0 Å². The van der Waals surface area contributed by atoms with Crippen molar-refractivity contribution >= 4 is 16.0 Å². The lowest BCUT2D eigenvalue weighted by atomic mass is 10.2. The van der Waals surface area contributed by atoms with Crippen LogP contribution in [0.15, 0.2) is 29.2 Å². The van der Waals surface area contributed by atoms with Gasteiger partial charge >= 0.3 is 5.97 Å². The van der Waals surface area contributed by atoms with Crippen LogP contribution in [0, 0.1) is 5.92 Å². The molecule has 19 heavy (non-hydrogen) atoms. The molecule has 1 aliphatic carbocycles. The highest BCUT2D eigenvalue weighted by atomic mass is 32.2. The third-order valence-electron chi connectivity index (χ3n) is 3.19. The second-order valence-electron chi connectivity index (χ2n) is 4.81. The Balaban J connectivity index is 1.91. The van der Waals surface area contributed by atoms with Gasteiger partial charge in [0.05, 0.1) is 10.5 Å². The molecular weight excluding hydrogens is 266 g/mol. The molecule has 0 saturated heterocycles. The molecule has 0 bridgehead atoms. The first-order valence-corrected chi connectivity index (χ1v) is 7.80. The molecule has 1 aliphatic rings. The average Bonchev–Trinajstić information content (AvgIpc) is 3.19. The van der Waals surface area contributed by atoms with E-state index in [-0.39, 0.29) is 10.5 Å². The van der Waals surface area contributed by atoms with Crippen LogP contribution in [0.4, 0.5) is 0 Å². The van der Waals surface area contributed by atoms with Crippen LogP contribution in [0.1, 0.15) is 36.0 Å². The Labute approximate surface area is 112 Å².